The largest absolute Gasteiger partial charge is 0.381 e. The van der Waals surface area contributed by atoms with Crippen molar-refractivity contribution in [2.24, 2.45) is 0 Å². The molecule has 0 amide bonds. The summed E-state index contributed by atoms with van der Waals surface area (Å²) >= 11 is 6.09. The van der Waals surface area contributed by atoms with Crippen molar-refractivity contribution in [2.75, 3.05) is 19.8 Å². The molecule has 0 saturated carbocycles. The number of nitrogens with zero attached hydrogens (tertiary/aromatic N) is 2. The smallest absolute Gasteiger partial charge is 0.138 e. The Hall–Kier alpha value is -0.710. The van der Waals surface area contributed by atoms with Crippen LogP contribution in [0.3, 0.4) is 0 Å². The third kappa shape index (κ3) is 2.70. The Morgan fingerprint density at radius 3 is 3.12 bits per heavy atom. The summed E-state index contributed by atoms with van der Waals surface area (Å²) in [6.07, 6.45) is 1.53. The molecule has 1 aromatic heterocycles. The van der Waals surface area contributed by atoms with E-state index in [0.29, 0.717) is 38.0 Å². The van der Waals surface area contributed by atoms with Gasteiger partial charge in [0.15, 0.2) is 0 Å². The summed E-state index contributed by atoms with van der Waals surface area (Å²) in [5, 5.41) is 0.524. The molecule has 0 atom stereocenters. The van der Waals surface area contributed by atoms with Crippen molar-refractivity contribution in [2.45, 2.75) is 26.4 Å². The standard InChI is InChI=1S/C11H15ClN2O2/c1-2-15-6-4-10-13-9-3-5-16-7-8(9)11(12)14-10/h2-7H2,1H3. The van der Waals surface area contributed by atoms with Gasteiger partial charge in [0.05, 0.1) is 25.5 Å². The molecule has 0 radical (unpaired) electrons. The minimum atomic E-state index is 0.524. The molecule has 0 bridgehead atoms. The Labute approximate surface area is 99.9 Å². The molecule has 0 spiro atoms. The maximum Gasteiger partial charge on any atom is 0.138 e. The van der Waals surface area contributed by atoms with E-state index in [-0.39, 0.29) is 0 Å². The van der Waals surface area contributed by atoms with E-state index in [2.05, 4.69) is 9.97 Å². The highest BCUT2D eigenvalue weighted by Gasteiger charge is 2.16. The maximum absolute atomic E-state index is 6.09. The molecule has 0 fully saturated rings. The van der Waals surface area contributed by atoms with Crippen molar-refractivity contribution in [3.63, 3.8) is 0 Å². The molecule has 0 N–H and O–H groups in total. The second-order valence-corrected chi connectivity index (χ2v) is 3.96. The van der Waals surface area contributed by atoms with Gasteiger partial charge in [-0.05, 0) is 6.92 Å². The number of aromatic nitrogens is 2. The van der Waals surface area contributed by atoms with E-state index in [9.17, 15) is 0 Å². The molecular weight excluding hydrogens is 228 g/mol. The molecule has 0 aromatic carbocycles. The molecule has 1 aliphatic heterocycles. The molecule has 0 aliphatic carbocycles. The summed E-state index contributed by atoms with van der Waals surface area (Å²) in [5.41, 5.74) is 1.96. The SMILES string of the molecule is CCOCCc1nc(Cl)c2c(n1)CCOC2. The minimum absolute atomic E-state index is 0.524. The van der Waals surface area contributed by atoms with E-state index in [1.54, 1.807) is 0 Å². The van der Waals surface area contributed by atoms with E-state index in [4.69, 9.17) is 21.1 Å². The lowest BCUT2D eigenvalue weighted by molar-refractivity contribution is 0.108. The molecule has 2 heterocycles. The van der Waals surface area contributed by atoms with Gasteiger partial charge in [0.25, 0.3) is 0 Å². The first-order valence-corrected chi connectivity index (χ1v) is 5.88. The normalized spacial score (nSPS) is 14.9. The second-order valence-electron chi connectivity index (χ2n) is 3.61. The van der Waals surface area contributed by atoms with E-state index >= 15 is 0 Å². The quantitative estimate of drug-likeness (QED) is 0.596. The Balaban J connectivity index is 2.12. The number of halogens is 1. The lowest BCUT2D eigenvalue weighted by Gasteiger charge is -2.17. The van der Waals surface area contributed by atoms with Crippen LogP contribution in [-0.2, 0) is 28.9 Å². The van der Waals surface area contributed by atoms with Crippen LogP contribution < -0.4 is 0 Å². The van der Waals surface area contributed by atoms with Crippen LogP contribution in [0.25, 0.3) is 0 Å². The van der Waals surface area contributed by atoms with Gasteiger partial charge in [-0.3, -0.25) is 0 Å². The Bertz CT molecular complexity index is 371. The highest BCUT2D eigenvalue weighted by molar-refractivity contribution is 6.30. The molecule has 16 heavy (non-hydrogen) atoms. The Morgan fingerprint density at radius 2 is 2.31 bits per heavy atom. The van der Waals surface area contributed by atoms with Gasteiger partial charge >= 0.3 is 0 Å². The number of hydrogen-bond donors (Lipinski definition) is 0. The van der Waals surface area contributed by atoms with E-state index in [1.165, 1.54) is 0 Å². The Kier molecular flexibility index (Phi) is 4.09. The summed E-state index contributed by atoms with van der Waals surface area (Å²) in [4.78, 5) is 8.74. The number of hydrogen-bond acceptors (Lipinski definition) is 4. The van der Waals surface area contributed by atoms with Crippen molar-refractivity contribution in [3.05, 3.63) is 22.2 Å². The highest BCUT2D eigenvalue weighted by atomic mass is 35.5. The molecule has 5 heteroatoms. The highest BCUT2D eigenvalue weighted by Crippen LogP contribution is 2.21. The predicted octanol–water partition coefficient (Wildman–Crippen LogP) is 1.78. The topological polar surface area (TPSA) is 44.2 Å². The fraction of sp³-hybridized carbons (Fsp3) is 0.636. The fourth-order valence-corrected chi connectivity index (χ4v) is 1.92. The van der Waals surface area contributed by atoms with Crippen molar-refractivity contribution >= 4 is 11.6 Å². The predicted molar refractivity (Wildman–Crippen MR) is 60.6 cm³/mol. The molecular formula is C11H15ClN2O2. The zero-order valence-electron chi connectivity index (χ0n) is 9.33. The van der Waals surface area contributed by atoms with Gasteiger partial charge in [0, 0.05) is 25.0 Å². The van der Waals surface area contributed by atoms with E-state index in [1.807, 2.05) is 6.92 Å². The van der Waals surface area contributed by atoms with E-state index in [0.717, 1.165) is 23.5 Å². The number of ether oxygens (including phenoxy) is 2. The first-order chi connectivity index (χ1) is 7.81. The van der Waals surface area contributed by atoms with Crippen molar-refractivity contribution in [1.29, 1.82) is 0 Å². The van der Waals surface area contributed by atoms with Crippen LogP contribution >= 0.6 is 11.6 Å². The first kappa shape index (κ1) is 11.8. The van der Waals surface area contributed by atoms with Crippen molar-refractivity contribution < 1.29 is 9.47 Å². The molecule has 1 aromatic rings. The zero-order chi connectivity index (χ0) is 11.4. The third-order valence-corrected chi connectivity index (χ3v) is 2.80. The summed E-state index contributed by atoms with van der Waals surface area (Å²) in [7, 11) is 0. The van der Waals surface area contributed by atoms with Gasteiger partial charge < -0.3 is 9.47 Å². The molecule has 88 valence electrons. The van der Waals surface area contributed by atoms with Gasteiger partial charge in [0.2, 0.25) is 0 Å². The Morgan fingerprint density at radius 1 is 1.44 bits per heavy atom. The van der Waals surface area contributed by atoms with Gasteiger partial charge in [-0.15, -0.1) is 0 Å². The van der Waals surface area contributed by atoms with Crippen LogP contribution in [0.4, 0.5) is 0 Å². The van der Waals surface area contributed by atoms with E-state index < -0.39 is 0 Å². The fourth-order valence-electron chi connectivity index (χ4n) is 1.66. The van der Waals surface area contributed by atoms with Crippen LogP contribution in [0, 0.1) is 0 Å². The van der Waals surface area contributed by atoms with Gasteiger partial charge in [-0.2, -0.15) is 0 Å². The van der Waals surface area contributed by atoms with Crippen molar-refractivity contribution in [1.82, 2.24) is 9.97 Å². The monoisotopic (exact) mass is 242 g/mol. The average Bonchev–Trinajstić information content (AvgIpc) is 2.30. The number of fused-ring (bicyclic) bond motifs is 1. The molecule has 4 nitrogen and oxygen atoms in total. The zero-order valence-corrected chi connectivity index (χ0v) is 10.1. The molecule has 0 unspecified atom stereocenters. The summed E-state index contributed by atoms with van der Waals surface area (Å²) in [6.45, 7) is 4.57. The summed E-state index contributed by atoms with van der Waals surface area (Å²) in [5.74, 6) is 0.763. The minimum Gasteiger partial charge on any atom is -0.381 e. The maximum atomic E-state index is 6.09. The van der Waals surface area contributed by atoms with Crippen LogP contribution in [-0.4, -0.2) is 29.8 Å². The van der Waals surface area contributed by atoms with Gasteiger partial charge in [-0.25, -0.2) is 9.97 Å². The van der Waals surface area contributed by atoms with Crippen LogP contribution in [0.5, 0.6) is 0 Å². The van der Waals surface area contributed by atoms with Crippen LogP contribution in [0.2, 0.25) is 5.15 Å². The van der Waals surface area contributed by atoms with Gasteiger partial charge in [-0.1, -0.05) is 11.6 Å². The molecule has 0 saturated heterocycles. The second kappa shape index (κ2) is 5.57. The summed E-state index contributed by atoms with van der Waals surface area (Å²) < 4.78 is 10.6. The van der Waals surface area contributed by atoms with Crippen LogP contribution in [0.15, 0.2) is 0 Å². The average molecular weight is 243 g/mol. The first-order valence-electron chi connectivity index (χ1n) is 5.51. The number of rotatable bonds is 4. The van der Waals surface area contributed by atoms with Crippen molar-refractivity contribution in [3.8, 4) is 0 Å². The van der Waals surface area contributed by atoms with Crippen LogP contribution in [0.1, 0.15) is 24.0 Å². The lowest BCUT2D eigenvalue weighted by atomic mass is 10.1. The molecule has 2 rings (SSSR count). The van der Waals surface area contributed by atoms with Gasteiger partial charge in [0.1, 0.15) is 11.0 Å². The third-order valence-electron chi connectivity index (χ3n) is 2.49. The molecule has 1 aliphatic rings. The lowest BCUT2D eigenvalue weighted by Crippen LogP contribution is -2.15. The summed E-state index contributed by atoms with van der Waals surface area (Å²) in [6, 6.07) is 0.